The molecule has 7 nitrogen and oxygen atoms in total. The number of rotatable bonds is 8. The van der Waals surface area contributed by atoms with Crippen molar-refractivity contribution in [3.8, 4) is 0 Å². The molecule has 1 heterocycles. The van der Waals surface area contributed by atoms with Crippen molar-refractivity contribution in [3.63, 3.8) is 0 Å². The molecule has 0 aromatic heterocycles. The lowest BCUT2D eigenvalue weighted by atomic mass is 10.1. The molecule has 0 spiro atoms. The van der Waals surface area contributed by atoms with Crippen LogP contribution in [0.1, 0.15) is 18.4 Å². The highest BCUT2D eigenvalue weighted by atomic mass is 35.5. The number of piperidine rings is 1. The number of amides is 1. The van der Waals surface area contributed by atoms with E-state index in [9.17, 15) is 17.6 Å². The van der Waals surface area contributed by atoms with E-state index < -0.39 is 16.0 Å². The zero-order valence-corrected chi connectivity index (χ0v) is 18.8. The van der Waals surface area contributed by atoms with E-state index in [0.29, 0.717) is 25.9 Å². The number of hydrogen-bond donors (Lipinski definition) is 2. The molecule has 0 atom stereocenters. The van der Waals surface area contributed by atoms with Crippen molar-refractivity contribution in [2.75, 3.05) is 32.0 Å². The SMILES string of the molecule is CN(Cc1c(F)cccc1Cl)S(=O)(=O)NC1CCN(CC(=O)Nc2ccccc2)CC1. The Hall–Kier alpha value is -2.04. The third-order valence-electron chi connectivity index (χ3n) is 5.18. The molecule has 1 saturated heterocycles. The summed E-state index contributed by atoms with van der Waals surface area (Å²) in [4.78, 5) is 14.2. The zero-order valence-electron chi connectivity index (χ0n) is 17.2. The quantitative estimate of drug-likeness (QED) is 0.624. The smallest absolute Gasteiger partial charge is 0.279 e. The standard InChI is InChI=1S/C21H26ClFN4O3S/c1-26(14-18-19(22)8-5-9-20(18)23)31(29,30)25-17-10-12-27(13-11-17)15-21(28)24-16-6-3-2-4-7-16/h2-9,17,25H,10-15H2,1H3,(H,24,28). The first-order chi connectivity index (χ1) is 14.7. The van der Waals surface area contributed by atoms with E-state index in [4.69, 9.17) is 11.6 Å². The largest absolute Gasteiger partial charge is 0.325 e. The molecule has 31 heavy (non-hydrogen) atoms. The molecule has 10 heteroatoms. The second-order valence-corrected chi connectivity index (χ2v) is 9.76. The Bertz CT molecular complexity index is 979. The van der Waals surface area contributed by atoms with E-state index in [2.05, 4.69) is 10.0 Å². The van der Waals surface area contributed by atoms with Gasteiger partial charge in [0, 0.05) is 49.0 Å². The summed E-state index contributed by atoms with van der Waals surface area (Å²) >= 11 is 6.00. The molecule has 2 N–H and O–H groups in total. The lowest BCUT2D eigenvalue weighted by Crippen LogP contribution is -2.49. The maximum absolute atomic E-state index is 14.0. The van der Waals surface area contributed by atoms with Gasteiger partial charge in [-0.1, -0.05) is 35.9 Å². The van der Waals surface area contributed by atoms with Crippen molar-refractivity contribution < 1.29 is 17.6 Å². The average Bonchev–Trinajstić information content (AvgIpc) is 2.72. The van der Waals surface area contributed by atoms with Crippen LogP contribution in [0.3, 0.4) is 0 Å². The summed E-state index contributed by atoms with van der Waals surface area (Å²) in [5.74, 6) is -0.650. The Morgan fingerprint density at radius 2 is 1.84 bits per heavy atom. The highest BCUT2D eigenvalue weighted by molar-refractivity contribution is 7.87. The number of hydrogen-bond acceptors (Lipinski definition) is 4. The van der Waals surface area contributed by atoms with E-state index in [-0.39, 0.29) is 35.6 Å². The summed E-state index contributed by atoms with van der Waals surface area (Å²) in [6, 6.07) is 13.2. The fourth-order valence-electron chi connectivity index (χ4n) is 3.43. The van der Waals surface area contributed by atoms with E-state index in [1.54, 1.807) is 0 Å². The van der Waals surface area contributed by atoms with Gasteiger partial charge in [0.15, 0.2) is 0 Å². The number of halogens is 2. The number of nitrogens with one attached hydrogen (secondary N) is 2. The summed E-state index contributed by atoms with van der Waals surface area (Å²) < 4.78 is 43.0. The summed E-state index contributed by atoms with van der Waals surface area (Å²) in [6.07, 6.45) is 1.15. The average molecular weight is 469 g/mol. The van der Waals surface area contributed by atoms with Gasteiger partial charge in [-0.2, -0.15) is 17.4 Å². The molecule has 168 valence electrons. The molecule has 0 bridgehead atoms. The lowest BCUT2D eigenvalue weighted by Gasteiger charge is -2.32. The van der Waals surface area contributed by atoms with Crippen LogP contribution in [0.2, 0.25) is 5.02 Å². The van der Waals surface area contributed by atoms with Crippen LogP contribution in [0.15, 0.2) is 48.5 Å². The van der Waals surface area contributed by atoms with Crippen LogP contribution in [0.5, 0.6) is 0 Å². The topological polar surface area (TPSA) is 81.8 Å². The van der Waals surface area contributed by atoms with Gasteiger partial charge in [-0.25, -0.2) is 4.39 Å². The minimum absolute atomic E-state index is 0.105. The predicted molar refractivity (Wildman–Crippen MR) is 119 cm³/mol. The lowest BCUT2D eigenvalue weighted by molar-refractivity contribution is -0.117. The van der Waals surface area contributed by atoms with Gasteiger partial charge < -0.3 is 5.32 Å². The molecule has 0 radical (unpaired) electrons. The highest BCUT2D eigenvalue weighted by Gasteiger charge is 2.27. The van der Waals surface area contributed by atoms with Crippen LogP contribution in [-0.2, 0) is 21.5 Å². The first-order valence-electron chi connectivity index (χ1n) is 9.98. The Labute approximate surface area is 187 Å². The van der Waals surface area contributed by atoms with E-state index in [1.807, 2.05) is 35.2 Å². The molecule has 0 aliphatic carbocycles. The van der Waals surface area contributed by atoms with Gasteiger partial charge in [-0.3, -0.25) is 9.69 Å². The molecule has 1 aliphatic rings. The fraction of sp³-hybridized carbons (Fsp3) is 0.381. The second kappa shape index (κ2) is 10.5. The van der Waals surface area contributed by atoms with Crippen LogP contribution >= 0.6 is 11.6 Å². The minimum Gasteiger partial charge on any atom is -0.325 e. The molecule has 1 amide bonds. The maximum atomic E-state index is 14.0. The van der Waals surface area contributed by atoms with Gasteiger partial charge in [0.05, 0.1) is 6.54 Å². The molecule has 0 unspecified atom stereocenters. The van der Waals surface area contributed by atoms with Gasteiger partial charge in [0.1, 0.15) is 5.82 Å². The maximum Gasteiger partial charge on any atom is 0.279 e. The monoisotopic (exact) mass is 468 g/mol. The minimum atomic E-state index is -3.81. The fourth-order valence-corrected chi connectivity index (χ4v) is 4.78. The predicted octanol–water partition coefficient (Wildman–Crippen LogP) is 2.85. The van der Waals surface area contributed by atoms with Crippen molar-refractivity contribution in [2.45, 2.75) is 25.4 Å². The van der Waals surface area contributed by atoms with E-state index in [0.717, 1.165) is 9.99 Å². The molecule has 2 aromatic rings. The number of carbonyl (C=O) groups is 1. The van der Waals surface area contributed by atoms with Crippen molar-refractivity contribution in [1.29, 1.82) is 0 Å². The van der Waals surface area contributed by atoms with Gasteiger partial charge >= 0.3 is 0 Å². The zero-order chi connectivity index (χ0) is 22.4. The van der Waals surface area contributed by atoms with Gasteiger partial charge in [-0.05, 0) is 37.1 Å². The molecular weight excluding hydrogens is 443 g/mol. The van der Waals surface area contributed by atoms with Crippen LogP contribution in [-0.4, -0.2) is 56.3 Å². The first kappa shape index (κ1) is 23.6. The van der Waals surface area contributed by atoms with Crippen LogP contribution < -0.4 is 10.0 Å². The summed E-state index contributed by atoms with van der Waals surface area (Å²) in [5, 5.41) is 3.03. The van der Waals surface area contributed by atoms with Crippen LogP contribution in [0.4, 0.5) is 10.1 Å². The van der Waals surface area contributed by atoms with Gasteiger partial charge in [0.2, 0.25) is 5.91 Å². The Balaban J connectivity index is 1.47. The summed E-state index contributed by atoms with van der Waals surface area (Å²) in [6.45, 7) is 1.27. The van der Waals surface area contributed by atoms with E-state index in [1.165, 1.54) is 25.2 Å². The summed E-state index contributed by atoms with van der Waals surface area (Å²) in [5.41, 5.74) is 0.879. The van der Waals surface area contributed by atoms with Crippen molar-refractivity contribution in [3.05, 3.63) is 64.9 Å². The number of nitrogens with zero attached hydrogens (tertiary/aromatic N) is 2. The normalized spacial score (nSPS) is 15.9. The third kappa shape index (κ3) is 6.72. The van der Waals surface area contributed by atoms with Crippen molar-refractivity contribution in [2.24, 2.45) is 0 Å². The second-order valence-electron chi connectivity index (χ2n) is 7.54. The van der Waals surface area contributed by atoms with E-state index >= 15 is 0 Å². The number of para-hydroxylation sites is 1. The molecule has 1 aliphatic heterocycles. The highest BCUT2D eigenvalue weighted by Crippen LogP contribution is 2.21. The Morgan fingerprint density at radius 1 is 1.16 bits per heavy atom. The molecule has 1 fully saturated rings. The number of benzene rings is 2. The Kier molecular flexibility index (Phi) is 8.01. The van der Waals surface area contributed by atoms with Crippen molar-refractivity contribution in [1.82, 2.24) is 13.9 Å². The van der Waals surface area contributed by atoms with Crippen molar-refractivity contribution >= 4 is 33.4 Å². The molecular formula is C21H26ClFN4O3S. The number of anilines is 1. The van der Waals surface area contributed by atoms with Gasteiger partial charge in [0.25, 0.3) is 10.2 Å². The van der Waals surface area contributed by atoms with Crippen LogP contribution in [0.25, 0.3) is 0 Å². The summed E-state index contributed by atoms with van der Waals surface area (Å²) in [7, 11) is -2.43. The Morgan fingerprint density at radius 3 is 2.48 bits per heavy atom. The van der Waals surface area contributed by atoms with Crippen LogP contribution in [0, 0.1) is 5.82 Å². The number of likely N-dealkylation sites (tertiary alicyclic amines) is 1. The van der Waals surface area contributed by atoms with Gasteiger partial charge in [-0.15, -0.1) is 0 Å². The molecule has 2 aromatic carbocycles. The molecule has 0 saturated carbocycles. The molecule has 3 rings (SSSR count). The third-order valence-corrected chi connectivity index (χ3v) is 7.12. The first-order valence-corrected chi connectivity index (χ1v) is 11.8. The number of carbonyl (C=O) groups excluding carboxylic acids is 1.